The van der Waals surface area contributed by atoms with Crippen LogP contribution in [0.3, 0.4) is 0 Å². The van der Waals surface area contributed by atoms with Crippen LogP contribution in [0, 0.1) is 0 Å². The Balaban J connectivity index is 1.18. The lowest BCUT2D eigenvalue weighted by Gasteiger charge is -2.41. The Kier molecular flexibility index (Phi) is 8.81. The van der Waals surface area contributed by atoms with Gasteiger partial charge in [-0.25, -0.2) is 9.97 Å². The van der Waals surface area contributed by atoms with Crippen LogP contribution in [0.4, 0.5) is 16.0 Å². The fourth-order valence-corrected chi connectivity index (χ4v) is 8.39. The maximum absolute atomic E-state index is 13.2. The number of anilines is 3. The second-order valence-corrected chi connectivity index (χ2v) is 13.6. The first-order valence-corrected chi connectivity index (χ1v) is 16.5. The van der Waals surface area contributed by atoms with Crippen LogP contribution in [0.1, 0.15) is 55.3 Å². The van der Waals surface area contributed by atoms with Crippen molar-refractivity contribution in [3.05, 3.63) is 39.3 Å². The zero-order valence-corrected chi connectivity index (χ0v) is 25.5. The van der Waals surface area contributed by atoms with Crippen LogP contribution in [0.25, 0.3) is 10.6 Å². The van der Waals surface area contributed by atoms with E-state index in [1.807, 2.05) is 11.4 Å². The van der Waals surface area contributed by atoms with E-state index in [1.165, 1.54) is 43.4 Å². The zero-order valence-electron chi connectivity index (χ0n) is 22.3. The zero-order chi connectivity index (χ0) is 27.6. The molecule has 0 aromatic carbocycles. The lowest BCUT2D eigenvalue weighted by Crippen LogP contribution is -2.50. The molecule has 2 saturated heterocycles. The molecular formula is C28H34Cl2N6O2S2. The predicted octanol–water partition coefficient (Wildman–Crippen LogP) is 6.24. The highest BCUT2D eigenvalue weighted by Crippen LogP contribution is 2.42. The molecule has 3 fully saturated rings. The lowest BCUT2D eigenvalue weighted by molar-refractivity contribution is 0.102. The van der Waals surface area contributed by atoms with Gasteiger partial charge >= 0.3 is 0 Å². The summed E-state index contributed by atoms with van der Waals surface area (Å²) in [6, 6.07) is 4.32. The molecule has 0 spiro atoms. The number of carbonyl (C=O) groups excluding carboxylic acids is 1. The van der Waals surface area contributed by atoms with Crippen molar-refractivity contribution < 1.29 is 9.90 Å². The Bertz CT molecular complexity index is 1330. The monoisotopic (exact) mass is 620 g/mol. The average molecular weight is 622 g/mol. The third kappa shape index (κ3) is 6.27. The summed E-state index contributed by atoms with van der Waals surface area (Å²) in [6.07, 6.45) is 9.33. The summed E-state index contributed by atoms with van der Waals surface area (Å²) in [5.41, 5.74) is 1.24. The van der Waals surface area contributed by atoms with E-state index in [-0.39, 0.29) is 12.0 Å². The minimum Gasteiger partial charge on any atom is -0.393 e. The van der Waals surface area contributed by atoms with Crippen molar-refractivity contribution in [3.8, 4) is 10.6 Å². The number of rotatable bonds is 6. The molecule has 3 aliphatic rings. The molecule has 6 rings (SSSR count). The summed E-state index contributed by atoms with van der Waals surface area (Å²) < 4.78 is 0. The van der Waals surface area contributed by atoms with Gasteiger partial charge in [-0.15, -0.1) is 11.3 Å². The van der Waals surface area contributed by atoms with Gasteiger partial charge in [0.05, 0.1) is 26.6 Å². The molecule has 3 aromatic rings. The van der Waals surface area contributed by atoms with Crippen molar-refractivity contribution in [2.45, 2.75) is 57.1 Å². The number of halogens is 2. The van der Waals surface area contributed by atoms with Gasteiger partial charge in [-0.1, -0.05) is 53.8 Å². The minimum atomic E-state index is -0.298. The maximum atomic E-state index is 13.2. The number of piperidine rings is 1. The molecule has 1 aliphatic carbocycles. The van der Waals surface area contributed by atoms with Crippen LogP contribution in [0.15, 0.2) is 23.7 Å². The number of nitrogens with zero attached hydrogens (tertiary/aromatic N) is 5. The number of hydrogen-bond acceptors (Lipinski definition) is 9. The number of amides is 1. The normalized spacial score (nSPS) is 19.8. The summed E-state index contributed by atoms with van der Waals surface area (Å²) in [6.45, 7) is 5.33. The SMILES string of the molecule is O=C(Nc1nc(-c2cc(Cl)cs2)c(N2CCN(C3CCCCC3)CC2)s1)c1cnc(N2CCC(O)CC2)c(Cl)c1. The Morgan fingerprint density at radius 2 is 1.73 bits per heavy atom. The highest BCUT2D eigenvalue weighted by molar-refractivity contribution is 7.21. The first-order valence-electron chi connectivity index (χ1n) is 14.1. The molecule has 2 aliphatic heterocycles. The molecule has 0 unspecified atom stereocenters. The van der Waals surface area contributed by atoms with Gasteiger partial charge in [0.25, 0.3) is 5.91 Å². The summed E-state index contributed by atoms with van der Waals surface area (Å²) in [5.74, 6) is 0.346. The second-order valence-electron chi connectivity index (χ2n) is 10.8. The molecular weight excluding hydrogens is 587 g/mol. The van der Waals surface area contributed by atoms with Crippen LogP contribution in [0.5, 0.6) is 0 Å². The third-order valence-corrected chi connectivity index (χ3v) is 10.8. The predicted molar refractivity (Wildman–Crippen MR) is 166 cm³/mol. The third-order valence-electron chi connectivity index (χ3n) is 8.17. The minimum absolute atomic E-state index is 0.279. The number of hydrogen-bond donors (Lipinski definition) is 2. The molecule has 12 heteroatoms. The van der Waals surface area contributed by atoms with Crippen molar-refractivity contribution in [1.82, 2.24) is 14.9 Å². The van der Waals surface area contributed by atoms with Crippen molar-refractivity contribution in [2.24, 2.45) is 0 Å². The number of piperazine rings is 1. The van der Waals surface area contributed by atoms with E-state index in [4.69, 9.17) is 28.2 Å². The topological polar surface area (TPSA) is 84.8 Å². The number of pyridine rings is 1. The molecule has 1 saturated carbocycles. The van der Waals surface area contributed by atoms with E-state index in [9.17, 15) is 9.90 Å². The summed E-state index contributed by atoms with van der Waals surface area (Å²) in [5, 5.41) is 17.4. The summed E-state index contributed by atoms with van der Waals surface area (Å²) in [7, 11) is 0. The van der Waals surface area contributed by atoms with E-state index in [0.717, 1.165) is 47.8 Å². The standard InChI is InChI=1S/C28H34Cl2N6O2S2/c29-19-15-23(39-17-19)24-27(36-12-10-34(11-13-36)20-4-2-1-3-5-20)40-28(32-24)33-26(38)18-14-22(30)25(31-16-18)35-8-6-21(37)7-9-35/h14-17,20-21,37H,1-13H2,(H,32,33,38). The van der Waals surface area contributed by atoms with Crippen LogP contribution < -0.4 is 15.1 Å². The van der Waals surface area contributed by atoms with Crippen LogP contribution in [-0.4, -0.2) is 77.3 Å². The van der Waals surface area contributed by atoms with E-state index in [1.54, 1.807) is 23.6 Å². The first kappa shape index (κ1) is 28.2. The largest absolute Gasteiger partial charge is 0.393 e. The molecule has 40 heavy (non-hydrogen) atoms. The van der Waals surface area contributed by atoms with Crippen LogP contribution in [-0.2, 0) is 0 Å². The highest BCUT2D eigenvalue weighted by Gasteiger charge is 2.29. The van der Waals surface area contributed by atoms with Gasteiger partial charge in [0.1, 0.15) is 16.5 Å². The van der Waals surface area contributed by atoms with Crippen molar-refractivity contribution >= 4 is 67.7 Å². The molecule has 0 atom stereocenters. The van der Waals surface area contributed by atoms with Crippen molar-refractivity contribution in [3.63, 3.8) is 0 Å². The van der Waals surface area contributed by atoms with Gasteiger partial charge in [0.15, 0.2) is 5.13 Å². The van der Waals surface area contributed by atoms with E-state index in [2.05, 4.69) is 25.0 Å². The Hall–Kier alpha value is -1.95. The number of aromatic nitrogens is 2. The summed E-state index contributed by atoms with van der Waals surface area (Å²) in [4.78, 5) is 30.7. The van der Waals surface area contributed by atoms with Gasteiger partial charge < -0.3 is 14.9 Å². The highest BCUT2D eigenvalue weighted by atomic mass is 35.5. The molecule has 1 amide bonds. The number of thiazole rings is 1. The quantitative estimate of drug-likeness (QED) is 0.337. The van der Waals surface area contributed by atoms with Gasteiger partial charge in [0.2, 0.25) is 0 Å². The van der Waals surface area contributed by atoms with Crippen molar-refractivity contribution in [1.29, 1.82) is 0 Å². The van der Waals surface area contributed by atoms with Crippen LogP contribution >= 0.6 is 45.9 Å². The molecule has 0 bridgehead atoms. The molecule has 214 valence electrons. The van der Waals surface area contributed by atoms with Gasteiger partial charge in [-0.2, -0.15) is 0 Å². The Morgan fingerprint density at radius 1 is 0.975 bits per heavy atom. The first-order chi connectivity index (χ1) is 19.4. The molecule has 5 heterocycles. The molecule has 2 N–H and O–H groups in total. The number of aliphatic hydroxyl groups is 1. The smallest absolute Gasteiger partial charge is 0.259 e. The summed E-state index contributed by atoms with van der Waals surface area (Å²) >= 11 is 15.9. The van der Waals surface area contributed by atoms with E-state index < -0.39 is 0 Å². The number of aliphatic hydroxyl groups excluding tert-OH is 1. The average Bonchev–Trinajstić information content (AvgIpc) is 3.60. The van der Waals surface area contributed by atoms with Crippen molar-refractivity contribution in [2.75, 3.05) is 54.4 Å². The fourth-order valence-electron chi connectivity index (χ4n) is 5.95. The number of thiophene rings is 1. The molecule has 8 nitrogen and oxygen atoms in total. The fraction of sp³-hybridized carbons (Fsp3) is 0.536. The van der Waals surface area contributed by atoms with E-state index in [0.29, 0.717) is 52.5 Å². The van der Waals surface area contributed by atoms with Gasteiger partial charge in [-0.05, 0) is 37.8 Å². The van der Waals surface area contributed by atoms with Crippen LogP contribution in [0.2, 0.25) is 10.0 Å². The van der Waals surface area contributed by atoms with Gasteiger partial charge in [0, 0.05) is 56.9 Å². The maximum Gasteiger partial charge on any atom is 0.259 e. The number of carbonyl (C=O) groups is 1. The second kappa shape index (κ2) is 12.5. The molecule has 0 radical (unpaired) electrons. The van der Waals surface area contributed by atoms with E-state index >= 15 is 0 Å². The Morgan fingerprint density at radius 3 is 2.40 bits per heavy atom. The van der Waals surface area contributed by atoms with Gasteiger partial charge in [-0.3, -0.25) is 15.0 Å². The lowest BCUT2D eigenvalue weighted by atomic mass is 9.94. The number of nitrogens with one attached hydrogen (secondary N) is 1. The molecule has 3 aromatic heterocycles. The Labute approximate surface area is 252 Å².